The number of alkyl carbamates (subject to hydrolysis) is 1. The largest absolute Gasteiger partial charge is 0.444 e. The van der Waals surface area contributed by atoms with Crippen LogP contribution in [-0.4, -0.2) is 17.7 Å². The summed E-state index contributed by atoms with van der Waals surface area (Å²) in [4.78, 5) is 11.2. The Hall–Kier alpha value is -0.990. The third-order valence-corrected chi connectivity index (χ3v) is 2.09. The SMILES string of the molecule is C=CC.CC.CC1CC(NC(=O)OC(C)(C)C)C1. The zero-order valence-electron chi connectivity index (χ0n) is 13.2. The summed E-state index contributed by atoms with van der Waals surface area (Å²) in [6, 6.07) is 0.338. The van der Waals surface area contributed by atoms with Crippen LogP contribution in [0.2, 0.25) is 0 Å². The van der Waals surface area contributed by atoms with Gasteiger partial charge in [-0.15, -0.1) is 6.58 Å². The first-order valence-corrected chi connectivity index (χ1v) is 6.85. The smallest absolute Gasteiger partial charge is 0.407 e. The van der Waals surface area contributed by atoms with Crippen molar-refractivity contribution in [2.24, 2.45) is 5.92 Å². The second-order valence-corrected chi connectivity index (χ2v) is 5.33. The van der Waals surface area contributed by atoms with Crippen molar-refractivity contribution in [3.05, 3.63) is 12.7 Å². The monoisotopic (exact) mass is 257 g/mol. The van der Waals surface area contributed by atoms with E-state index in [0.717, 1.165) is 18.8 Å². The molecule has 0 heterocycles. The van der Waals surface area contributed by atoms with Crippen LogP contribution in [0.1, 0.15) is 61.3 Å². The van der Waals surface area contributed by atoms with Crippen molar-refractivity contribution in [2.75, 3.05) is 0 Å². The first kappa shape index (κ1) is 19.4. The fourth-order valence-electron chi connectivity index (χ4n) is 1.49. The van der Waals surface area contributed by atoms with Gasteiger partial charge in [-0.05, 0) is 46.5 Å². The van der Waals surface area contributed by atoms with Gasteiger partial charge in [0.15, 0.2) is 0 Å². The number of hydrogen-bond acceptors (Lipinski definition) is 2. The molecule has 1 N–H and O–H groups in total. The summed E-state index contributed by atoms with van der Waals surface area (Å²) < 4.78 is 5.13. The summed E-state index contributed by atoms with van der Waals surface area (Å²) in [5.74, 6) is 0.750. The van der Waals surface area contributed by atoms with Gasteiger partial charge in [-0.3, -0.25) is 0 Å². The molecule has 3 nitrogen and oxygen atoms in total. The topological polar surface area (TPSA) is 38.3 Å². The van der Waals surface area contributed by atoms with E-state index in [9.17, 15) is 4.79 Å². The summed E-state index contributed by atoms with van der Waals surface area (Å²) in [6.07, 6.45) is 3.63. The second-order valence-electron chi connectivity index (χ2n) is 5.33. The van der Waals surface area contributed by atoms with E-state index >= 15 is 0 Å². The first-order valence-electron chi connectivity index (χ1n) is 6.85. The number of nitrogens with one attached hydrogen (secondary N) is 1. The zero-order valence-corrected chi connectivity index (χ0v) is 13.2. The Bertz CT molecular complexity index is 225. The lowest BCUT2D eigenvalue weighted by atomic mass is 9.82. The fourth-order valence-corrected chi connectivity index (χ4v) is 1.49. The number of hydrogen-bond donors (Lipinski definition) is 1. The molecule has 1 amide bonds. The van der Waals surface area contributed by atoms with E-state index in [1.165, 1.54) is 0 Å². The minimum atomic E-state index is -0.389. The molecule has 0 radical (unpaired) electrons. The summed E-state index contributed by atoms with van der Waals surface area (Å²) in [5.41, 5.74) is -0.389. The van der Waals surface area contributed by atoms with E-state index in [-0.39, 0.29) is 11.7 Å². The molecule has 18 heavy (non-hydrogen) atoms. The lowest BCUT2D eigenvalue weighted by Gasteiger charge is -2.33. The molecule has 0 spiro atoms. The molecule has 1 aliphatic rings. The quantitative estimate of drug-likeness (QED) is 0.701. The number of amides is 1. The average Bonchev–Trinajstić information content (AvgIpc) is 2.17. The van der Waals surface area contributed by atoms with Crippen LogP contribution in [0.5, 0.6) is 0 Å². The van der Waals surface area contributed by atoms with Gasteiger partial charge < -0.3 is 10.1 Å². The van der Waals surface area contributed by atoms with Gasteiger partial charge in [0.05, 0.1) is 0 Å². The maximum atomic E-state index is 11.2. The van der Waals surface area contributed by atoms with Crippen LogP contribution in [0.4, 0.5) is 4.79 Å². The summed E-state index contributed by atoms with van der Waals surface area (Å²) in [7, 11) is 0. The van der Waals surface area contributed by atoms with Crippen LogP contribution < -0.4 is 5.32 Å². The lowest BCUT2D eigenvalue weighted by molar-refractivity contribution is 0.0458. The molecule has 0 aliphatic heterocycles. The van der Waals surface area contributed by atoms with Crippen molar-refractivity contribution >= 4 is 6.09 Å². The molecule has 0 saturated heterocycles. The maximum Gasteiger partial charge on any atom is 0.407 e. The molecular formula is C15H31NO2. The third-order valence-electron chi connectivity index (χ3n) is 2.09. The molecule has 0 aromatic rings. The molecule has 0 bridgehead atoms. The van der Waals surface area contributed by atoms with Gasteiger partial charge in [-0.25, -0.2) is 4.79 Å². The molecule has 1 rings (SSSR count). The Balaban J connectivity index is 0. The number of allylic oxidation sites excluding steroid dienone is 1. The van der Waals surface area contributed by atoms with Crippen molar-refractivity contribution in [1.29, 1.82) is 0 Å². The van der Waals surface area contributed by atoms with Gasteiger partial charge in [0.2, 0.25) is 0 Å². The third kappa shape index (κ3) is 11.5. The van der Waals surface area contributed by atoms with Crippen LogP contribution in [0.25, 0.3) is 0 Å². The van der Waals surface area contributed by atoms with Crippen LogP contribution in [0.3, 0.4) is 0 Å². The Morgan fingerprint density at radius 3 is 2.00 bits per heavy atom. The number of carbonyl (C=O) groups is 1. The number of rotatable bonds is 1. The highest BCUT2D eigenvalue weighted by molar-refractivity contribution is 5.68. The molecule has 3 heteroatoms. The van der Waals surface area contributed by atoms with Crippen molar-refractivity contribution in [1.82, 2.24) is 5.32 Å². The Morgan fingerprint density at radius 2 is 1.72 bits per heavy atom. The zero-order chi connectivity index (χ0) is 14.8. The highest BCUT2D eigenvalue weighted by Crippen LogP contribution is 2.26. The van der Waals surface area contributed by atoms with Crippen molar-refractivity contribution in [3.63, 3.8) is 0 Å². The van der Waals surface area contributed by atoms with E-state index in [1.54, 1.807) is 6.08 Å². The van der Waals surface area contributed by atoms with Gasteiger partial charge in [0.25, 0.3) is 0 Å². The van der Waals surface area contributed by atoms with E-state index in [2.05, 4.69) is 18.8 Å². The Labute approximate surface area is 113 Å². The molecule has 108 valence electrons. The molecule has 0 aromatic carbocycles. The van der Waals surface area contributed by atoms with Crippen LogP contribution in [0.15, 0.2) is 12.7 Å². The van der Waals surface area contributed by atoms with Gasteiger partial charge >= 0.3 is 6.09 Å². The van der Waals surface area contributed by atoms with Crippen LogP contribution in [-0.2, 0) is 4.74 Å². The standard InChI is InChI=1S/C10H19NO2.C3H6.C2H6/c1-7-5-8(6-7)11-9(12)13-10(2,3)4;1-3-2;1-2/h7-8H,5-6H2,1-4H3,(H,11,12);3H,1H2,2H3;1-2H3. The summed E-state index contributed by atoms with van der Waals surface area (Å²) in [6.45, 7) is 17.1. The summed E-state index contributed by atoms with van der Waals surface area (Å²) >= 11 is 0. The molecule has 0 aromatic heterocycles. The van der Waals surface area contributed by atoms with Gasteiger partial charge in [0, 0.05) is 6.04 Å². The average molecular weight is 257 g/mol. The first-order chi connectivity index (χ1) is 8.28. The Kier molecular flexibility index (Phi) is 10.7. The maximum absolute atomic E-state index is 11.2. The predicted octanol–water partition coefficient (Wildman–Crippen LogP) is 4.53. The van der Waals surface area contributed by atoms with Crippen molar-refractivity contribution in [2.45, 2.75) is 73.0 Å². The van der Waals surface area contributed by atoms with E-state index in [0.29, 0.717) is 6.04 Å². The van der Waals surface area contributed by atoms with Gasteiger partial charge in [-0.1, -0.05) is 26.8 Å². The molecule has 0 unspecified atom stereocenters. The van der Waals surface area contributed by atoms with Crippen molar-refractivity contribution in [3.8, 4) is 0 Å². The van der Waals surface area contributed by atoms with Gasteiger partial charge in [0.1, 0.15) is 5.60 Å². The molecule has 1 fully saturated rings. The van der Waals surface area contributed by atoms with E-state index in [1.807, 2.05) is 41.5 Å². The fraction of sp³-hybridized carbons (Fsp3) is 0.800. The normalized spacial score (nSPS) is 21.1. The number of ether oxygens (including phenoxy) is 1. The van der Waals surface area contributed by atoms with Crippen LogP contribution in [0, 0.1) is 5.92 Å². The molecular weight excluding hydrogens is 226 g/mol. The number of carbonyl (C=O) groups excluding carboxylic acids is 1. The predicted molar refractivity (Wildman–Crippen MR) is 78.8 cm³/mol. The second kappa shape index (κ2) is 9.98. The van der Waals surface area contributed by atoms with E-state index in [4.69, 9.17) is 4.74 Å². The van der Waals surface area contributed by atoms with Crippen molar-refractivity contribution < 1.29 is 9.53 Å². The highest BCUT2D eigenvalue weighted by Gasteiger charge is 2.28. The minimum absolute atomic E-state index is 0.288. The highest BCUT2D eigenvalue weighted by atomic mass is 16.6. The van der Waals surface area contributed by atoms with E-state index < -0.39 is 0 Å². The summed E-state index contributed by atoms with van der Waals surface area (Å²) in [5, 5.41) is 2.84. The van der Waals surface area contributed by atoms with Crippen LogP contribution >= 0.6 is 0 Å². The molecule has 1 aliphatic carbocycles. The molecule has 0 atom stereocenters. The van der Waals surface area contributed by atoms with Gasteiger partial charge in [-0.2, -0.15) is 0 Å². The molecule has 1 saturated carbocycles. The Morgan fingerprint density at radius 1 is 1.33 bits per heavy atom. The minimum Gasteiger partial charge on any atom is -0.444 e. The lowest BCUT2D eigenvalue weighted by Crippen LogP contribution is -2.45.